The van der Waals surface area contributed by atoms with Crippen molar-refractivity contribution in [1.29, 1.82) is 0 Å². The third-order valence-corrected chi connectivity index (χ3v) is 3.66. The van der Waals surface area contributed by atoms with Gasteiger partial charge in [0.2, 0.25) is 5.12 Å². The number of carbonyl (C=O) groups is 1. The van der Waals surface area contributed by atoms with Gasteiger partial charge in [-0.25, -0.2) is 4.99 Å². The van der Waals surface area contributed by atoms with E-state index in [4.69, 9.17) is 4.42 Å². The van der Waals surface area contributed by atoms with Crippen molar-refractivity contribution in [3.63, 3.8) is 0 Å². The normalized spacial score (nSPS) is 17.0. The Bertz CT molecular complexity index is 667. The van der Waals surface area contributed by atoms with Gasteiger partial charge in [-0.2, -0.15) is 0 Å². The van der Waals surface area contributed by atoms with E-state index in [-0.39, 0.29) is 5.12 Å². The van der Waals surface area contributed by atoms with Crippen molar-refractivity contribution in [3.05, 3.63) is 65.2 Å². The number of hydrogen-bond acceptors (Lipinski definition) is 4. The van der Waals surface area contributed by atoms with Gasteiger partial charge in [-0.1, -0.05) is 29.8 Å². The molecule has 0 saturated heterocycles. The quantitative estimate of drug-likeness (QED) is 0.781. The SMILES string of the molecule is Cc1ccc(C2=NC(=Cc3ccco3)C(=O)S2)cc1. The van der Waals surface area contributed by atoms with Crippen LogP contribution in [0.15, 0.2) is 57.8 Å². The van der Waals surface area contributed by atoms with E-state index in [1.807, 2.05) is 31.2 Å². The molecule has 1 aromatic heterocycles. The summed E-state index contributed by atoms with van der Waals surface area (Å²) in [4.78, 5) is 16.3. The number of benzene rings is 1. The predicted octanol–water partition coefficient (Wildman–Crippen LogP) is 3.65. The second-order valence-electron chi connectivity index (χ2n) is 4.22. The molecule has 3 rings (SSSR count). The van der Waals surface area contributed by atoms with Crippen LogP contribution in [0.5, 0.6) is 0 Å². The Labute approximate surface area is 115 Å². The molecule has 0 radical (unpaired) electrons. The fraction of sp³-hybridized carbons (Fsp3) is 0.0667. The smallest absolute Gasteiger partial charge is 0.244 e. The lowest BCUT2D eigenvalue weighted by Gasteiger charge is -1.98. The molecule has 19 heavy (non-hydrogen) atoms. The lowest BCUT2D eigenvalue weighted by Crippen LogP contribution is -1.92. The topological polar surface area (TPSA) is 42.6 Å². The van der Waals surface area contributed by atoms with Gasteiger partial charge in [-0.3, -0.25) is 4.79 Å². The molecule has 2 heterocycles. The predicted molar refractivity (Wildman–Crippen MR) is 77.0 cm³/mol. The average molecular weight is 269 g/mol. The van der Waals surface area contributed by atoms with E-state index in [9.17, 15) is 4.79 Å². The van der Waals surface area contributed by atoms with Gasteiger partial charge in [0.25, 0.3) is 0 Å². The molecule has 0 fully saturated rings. The number of furan rings is 1. The zero-order valence-electron chi connectivity index (χ0n) is 10.3. The Morgan fingerprint density at radius 1 is 1.21 bits per heavy atom. The van der Waals surface area contributed by atoms with Gasteiger partial charge in [-0.05, 0) is 30.8 Å². The Hall–Kier alpha value is -2.07. The molecule has 0 spiro atoms. The number of carbonyl (C=O) groups excluding carboxylic acids is 1. The number of thioether (sulfide) groups is 1. The summed E-state index contributed by atoms with van der Waals surface area (Å²) in [5.41, 5.74) is 2.58. The van der Waals surface area contributed by atoms with Gasteiger partial charge in [-0.15, -0.1) is 0 Å². The fourth-order valence-electron chi connectivity index (χ4n) is 1.74. The van der Waals surface area contributed by atoms with Gasteiger partial charge < -0.3 is 4.42 Å². The maximum atomic E-state index is 11.9. The zero-order chi connectivity index (χ0) is 13.2. The van der Waals surface area contributed by atoms with Crippen molar-refractivity contribution in [2.45, 2.75) is 6.92 Å². The molecule has 0 bridgehead atoms. The highest BCUT2D eigenvalue weighted by atomic mass is 32.2. The molecule has 0 aliphatic carbocycles. The van der Waals surface area contributed by atoms with Crippen LogP contribution in [0, 0.1) is 6.92 Å². The molecular formula is C15H11NO2S. The van der Waals surface area contributed by atoms with Crippen LogP contribution < -0.4 is 0 Å². The summed E-state index contributed by atoms with van der Waals surface area (Å²) in [6.45, 7) is 2.03. The van der Waals surface area contributed by atoms with Crippen molar-refractivity contribution in [1.82, 2.24) is 0 Å². The monoisotopic (exact) mass is 269 g/mol. The minimum atomic E-state index is -0.0491. The van der Waals surface area contributed by atoms with Gasteiger partial charge in [0, 0.05) is 11.6 Å². The molecular weight excluding hydrogens is 258 g/mol. The van der Waals surface area contributed by atoms with E-state index in [1.165, 1.54) is 5.56 Å². The molecule has 1 aliphatic rings. The van der Waals surface area contributed by atoms with Crippen LogP contribution in [0.4, 0.5) is 0 Å². The first kappa shape index (κ1) is 12.0. The Balaban J connectivity index is 1.93. The summed E-state index contributed by atoms with van der Waals surface area (Å²) in [5.74, 6) is 0.637. The number of aryl methyl sites for hydroxylation is 1. The molecule has 0 saturated carbocycles. The summed E-state index contributed by atoms with van der Waals surface area (Å²) in [5, 5.41) is 0.690. The summed E-state index contributed by atoms with van der Waals surface area (Å²) in [6, 6.07) is 11.6. The molecule has 0 N–H and O–H groups in total. The highest BCUT2D eigenvalue weighted by Gasteiger charge is 2.23. The maximum absolute atomic E-state index is 11.9. The van der Waals surface area contributed by atoms with Crippen molar-refractivity contribution < 1.29 is 9.21 Å². The third-order valence-electron chi connectivity index (χ3n) is 2.74. The van der Waals surface area contributed by atoms with E-state index in [0.717, 1.165) is 22.4 Å². The number of nitrogens with zero attached hydrogens (tertiary/aromatic N) is 1. The molecule has 0 atom stereocenters. The largest absolute Gasteiger partial charge is 0.465 e. The van der Waals surface area contributed by atoms with Crippen LogP contribution in [0.25, 0.3) is 6.08 Å². The molecule has 1 aliphatic heterocycles. The first-order chi connectivity index (χ1) is 9.22. The first-order valence-electron chi connectivity index (χ1n) is 5.85. The first-order valence-corrected chi connectivity index (χ1v) is 6.67. The number of aliphatic imine (C=N–C) groups is 1. The molecule has 2 aromatic rings. The molecule has 94 valence electrons. The minimum Gasteiger partial charge on any atom is -0.465 e. The molecule has 1 aromatic carbocycles. The average Bonchev–Trinajstić information content (AvgIpc) is 3.02. The Morgan fingerprint density at radius 2 is 2.00 bits per heavy atom. The van der Waals surface area contributed by atoms with E-state index < -0.39 is 0 Å². The second kappa shape index (κ2) is 4.90. The summed E-state index contributed by atoms with van der Waals surface area (Å²) in [6.07, 6.45) is 3.24. The van der Waals surface area contributed by atoms with Gasteiger partial charge in [0.15, 0.2) is 0 Å². The second-order valence-corrected chi connectivity index (χ2v) is 5.18. The van der Waals surface area contributed by atoms with Gasteiger partial charge in [0.05, 0.1) is 6.26 Å². The minimum absolute atomic E-state index is 0.0491. The van der Waals surface area contributed by atoms with E-state index in [1.54, 1.807) is 24.5 Å². The van der Waals surface area contributed by atoms with Crippen molar-refractivity contribution >= 4 is 28.0 Å². The summed E-state index contributed by atoms with van der Waals surface area (Å²) >= 11 is 1.16. The highest BCUT2D eigenvalue weighted by molar-refractivity contribution is 8.27. The standard InChI is InChI=1S/C15H11NO2S/c1-10-4-6-11(7-5-10)14-16-13(15(17)19-14)9-12-3-2-8-18-12/h2-9H,1H3. The molecule has 3 nitrogen and oxygen atoms in total. The van der Waals surface area contributed by atoms with Crippen LogP contribution in [-0.4, -0.2) is 10.2 Å². The zero-order valence-corrected chi connectivity index (χ0v) is 11.1. The van der Waals surface area contributed by atoms with E-state index >= 15 is 0 Å². The van der Waals surface area contributed by atoms with E-state index in [0.29, 0.717) is 11.5 Å². The van der Waals surface area contributed by atoms with Crippen molar-refractivity contribution in [2.75, 3.05) is 0 Å². The lowest BCUT2D eigenvalue weighted by atomic mass is 10.2. The molecule has 4 heteroatoms. The summed E-state index contributed by atoms with van der Waals surface area (Å²) < 4.78 is 5.19. The molecule has 0 amide bonds. The number of rotatable bonds is 2. The van der Waals surface area contributed by atoms with Gasteiger partial charge >= 0.3 is 0 Å². The van der Waals surface area contributed by atoms with E-state index in [2.05, 4.69) is 4.99 Å². The molecule has 0 unspecified atom stereocenters. The summed E-state index contributed by atoms with van der Waals surface area (Å²) in [7, 11) is 0. The maximum Gasteiger partial charge on any atom is 0.244 e. The Kier molecular flexibility index (Phi) is 3.09. The van der Waals surface area contributed by atoms with Crippen LogP contribution in [0.1, 0.15) is 16.9 Å². The van der Waals surface area contributed by atoms with Gasteiger partial charge in [0.1, 0.15) is 16.5 Å². The third kappa shape index (κ3) is 2.53. The lowest BCUT2D eigenvalue weighted by molar-refractivity contribution is -0.107. The number of hydrogen-bond donors (Lipinski definition) is 0. The van der Waals surface area contributed by atoms with Crippen LogP contribution in [0.3, 0.4) is 0 Å². The van der Waals surface area contributed by atoms with Crippen LogP contribution >= 0.6 is 11.8 Å². The highest BCUT2D eigenvalue weighted by Crippen LogP contribution is 2.29. The van der Waals surface area contributed by atoms with Crippen LogP contribution in [-0.2, 0) is 4.79 Å². The Morgan fingerprint density at radius 3 is 2.68 bits per heavy atom. The fourth-order valence-corrected chi connectivity index (χ4v) is 2.52. The van der Waals surface area contributed by atoms with Crippen molar-refractivity contribution in [3.8, 4) is 0 Å². The van der Waals surface area contributed by atoms with Crippen LogP contribution in [0.2, 0.25) is 0 Å². The van der Waals surface area contributed by atoms with Crippen molar-refractivity contribution in [2.24, 2.45) is 4.99 Å².